The van der Waals surface area contributed by atoms with Crippen LogP contribution in [0.2, 0.25) is 0 Å². The van der Waals surface area contributed by atoms with Gasteiger partial charge in [0.15, 0.2) is 0 Å². The number of hydrogen-bond donors (Lipinski definition) is 2. The van der Waals surface area contributed by atoms with Crippen molar-refractivity contribution >= 4 is 5.91 Å². The molecular formula is C12H17FN2O3. The Labute approximate surface area is 105 Å². The number of halogens is 1. The van der Waals surface area contributed by atoms with Crippen LogP contribution in [0.5, 0.6) is 5.75 Å². The summed E-state index contributed by atoms with van der Waals surface area (Å²) in [6, 6.07) is 4.05. The van der Waals surface area contributed by atoms with E-state index in [0.717, 1.165) is 0 Å². The number of nitrogens with two attached hydrogens (primary N) is 1. The molecule has 0 aliphatic carbocycles. The van der Waals surface area contributed by atoms with Crippen LogP contribution in [-0.4, -0.2) is 42.7 Å². The van der Waals surface area contributed by atoms with E-state index in [2.05, 4.69) is 0 Å². The summed E-state index contributed by atoms with van der Waals surface area (Å²) >= 11 is 0. The number of aliphatic hydroxyl groups is 1. The van der Waals surface area contributed by atoms with Gasteiger partial charge in [0.2, 0.25) is 0 Å². The molecule has 1 unspecified atom stereocenters. The highest BCUT2D eigenvalue weighted by atomic mass is 19.1. The van der Waals surface area contributed by atoms with Crippen molar-refractivity contribution in [3.05, 3.63) is 29.6 Å². The van der Waals surface area contributed by atoms with Gasteiger partial charge < -0.3 is 20.5 Å². The number of methoxy groups -OCH3 is 1. The Morgan fingerprint density at radius 1 is 1.61 bits per heavy atom. The number of rotatable bonds is 5. The van der Waals surface area contributed by atoms with Crippen molar-refractivity contribution in [2.24, 2.45) is 5.73 Å². The van der Waals surface area contributed by atoms with Crippen molar-refractivity contribution in [3.63, 3.8) is 0 Å². The van der Waals surface area contributed by atoms with Crippen LogP contribution in [0.4, 0.5) is 4.39 Å². The van der Waals surface area contributed by atoms with Gasteiger partial charge in [-0.25, -0.2) is 4.39 Å². The molecule has 100 valence electrons. The van der Waals surface area contributed by atoms with E-state index in [1.54, 1.807) is 0 Å². The van der Waals surface area contributed by atoms with Crippen LogP contribution in [0.1, 0.15) is 5.56 Å². The smallest absolute Gasteiger partial charge is 0.252 e. The van der Waals surface area contributed by atoms with E-state index in [1.165, 1.54) is 37.3 Å². The van der Waals surface area contributed by atoms with Gasteiger partial charge in [0.25, 0.3) is 5.91 Å². The highest BCUT2D eigenvalue weighted by Gasteiger charge is 2.19. The lowest BCUT2D eigenvalue weighted by atomic mass is 10.1. The molecule has 1 aromatic carbocycles. The molecule has 5 nitrogen and oxygen atoms in total. The van der Waals surface area contributed by atoms with Crippen LogP contribution in [0.3, 0.4) is 0 Å². The summed E-state index contributed by atoms with van der Waals surface area (Å²) in [5.74, 6) is -0.437. The Kier molecular flexibility index (Phi) is 5.06. The minimum atomic E-state index is -1.24. The van der Waals surface area contributed by atoms with Crippen molar-refractivity contribution in [3.8, 4) is 5.75 Å². The number of ether oxygens (including phenoxy) is 1. The van der Waals surface area contributed by atoms with Gasteiger partial charge in [-0.1, -0.05) is 0 Å². The zero-order valence-electron chi connectivity index (χ0n) is 10.4. The molecule has 3 N–H and O–H groups in total. The molecule has 0 saturated carbocycles. The molecule has 0 fully saturated rings. The van der Waals surface area contributed by atoms with Crippen LogP contribution in [-0.2, 0) is 11.3 Å². The third-order valence-corrected chi connectivity index (χ3v) is 2.53. The average Bonchev–Trinajstić information content (AvgIpc) is 2.37. The number of hydrogen-bond acceptors (Lipinski definition) is 4. The summed E-state index contributed by atoms with van der Waals surface area (Å²) < 4.78 is 18.2. The molecule has 0 aliphatic heterocycles. The van der Waals surface area contributed by atoms with Crippen LogP contribution in [0.15, 0.2) is 18.2 Å². The predicted octanol–water partition coefficient (Wildman–Crippen LogP) is 0.112. The summed E-state index contributed by atoms with van der Waals surface area (Å²) in [5.41, 5.74) is 5.73. The first kappa shape index (κ1) is 14.4. The molecule has 1 aromatic rings. The largest absolute Gasteiger partial charge is 0.496 e. The summed E-state index contributed by atoms with van der Waals surface area (Å²) in [4.78, 5) is 12.9. The molecule has 1 amide bonds. The second-order valence-corrected chi connectivity index (χ2v) is 3.90. The molecule has 18 heavy (non-hydrogen) atoms. The molecular weight excluding hydrogens is 239 g/mol. The van der Waals surface area contributed by atoms with E-state index in [9.17, 15) is 14.3 Å². The Bertz CT molecular complexity index is 426. The topological polar surface area (TPSA) is 75.8 Å². The minimum Gasteiger partial charge on any atom is -0.496 e. The number of carbonyl (C=O) groups excluding carboxylic acids is 1. The Balaban J connectivity index is 2.83. The van der Waals surface area contributed by atoms with Gasteiger partial charge in [-0.15, -0.1) is 0 Å². The van der Waals surface area contributed by atoms with Crippen LogP contribution in [0, 0.1) is 5.82 Å². The fourth-order valence-corrected chi connectivity index (χ4v) is 1.56. The lowest BCUT2D eigenvalue weighted by Gasteiger charge is -2.21. The SMILES string of the molecule is COc1ccc(F)cc1CN(C)C(=O)C(O)CN. The molecule has 1 atom stereocenters. The van der Waals surface area contributed by atoms with Crippen molar-refractivity contribution in [1.29, 1.82) is 0 Å². The molecule has 0 bridgehead atoms. The van der Waals surface area contributed by atoms with E-state index in [0.29, 0.717) is 11.3 Å². The molecule has 0 radical (unpaired) electrons. The number of nitrogens with zero attached hydrogens (tertiary/aromatic N) is 1. The van der Waals surface area contributed by atoms with E-state index >= 15 is 0 Å². The Morgan fingerprint density at radius 2 is 2.28 bits per heavy atom. The zero-order chi connectivity index (χ0) is 13.7. The third-order valence-electron chi connectivity index (χ3n) is 2.53. The molecule has 0 heterocycles. The van der Waals surface area contributed by atoms with Crippen LogP contribution < -0.4 is 10.5 Å². The molecule has 6 heteroatoms. The maximum Gasteiger partial charge on any atom is 0.252 e. The first-order valence-electron chi connectivity index (χ1n) is 5.45. The molecule has 1 rings (SSSR count). The van der Waals surface area contributed by atoms with Crippen molar-refractivity contribution < 1.29 is 19.0 Å². The van der Waals surface area contributed by atoms with E-state index in [4.69, 9.17) is 10.5 Å². The quantitative estimate of drug-likeness (QED) is 0.784. The van der Waals surface area contributed by atoms with Crippen LogP contribution in [0.25, 0.3) is 0 Å². The van der Waals surface area contributed by atoms with Gasteiger partial charge in [0.05, 0.1) is 7.11 Å². The predicted molar refractivity (Wildman–Crippen MR) is 64.5 cm³/mol. The highest BCUT2D eigenvalue weighted by molar-refractivity contribution is 5.80. The normalized spacial score (nSPS) is 12.1. The molecule has 0 aromatic heterocycles. The van der Waals surface area contributed by atoms with Crippen LogP contribution >= 0.6 is 0 Å². The summed E-state index contributed by atoms with van der Waals surface area (Å²) in [6.07, 6.45) is -1.24. The van der Waals surface area contributed by atoms with E-state index in [1.807, 2.05) is 0 Å². The standard InChI is InChI=1S/C12H17FN2O3/c1-15(12(17)10(16)6-14)7-8-5-9(13)3-4-11(8)18-2/h3-5,10,16H,6-7,14H2,1-2H3. The highest BCUT2D eigenvalue weighted by Crippen LogP contribution is 2.20. The van der Waals surface area contributed by atoms with Crippen molar-refractivity contribution in [2.75, 3.05) is 20.7 Å². The number of carbonyl (C=O) groups is 1. The van der Waals surface area contributed by atoms with Gasteiger partial charge >= 0.3 is 0 Å². The van der Waals surface area contributed by atoms with Gasteiger partial charge in [-0.2, -0.15) is 0 Å². The van der Waals surface area contributed by atoms with Gasteiger partial charge in [-0.3, -0.25) is 4.79 Å². The zero-order valence-corrected chi connectivity index (χ0v) is 10.4. The average molecular weight is 256 g/mol. The van der Waals surface area contributed by atoms with Gasteiger partial charge in [0, 0.05) is 25.7 Å². The van der Waals surface area contributed by atoms with E-state index in [-0.39, 0.29) is 13.1 Å². The summed E-state index contributed by atoms with van der Waals surface area (Å²) in [7, 11) is 2.97. The van der Waals surface area contributed by atoms with Crippen molar-refractivity contribution in [1.82, 2.24) is 4.90 Å². The lowest BCUT2D eigenvalue weighted by Crippen LogP contribution is -2.40. The Hall–Kier alpha value is -1.66. The first-order chi connectivity index (χ1) is 8.49. The fourth-order valence-electron chi connectivity index (χ4n) is 1.56. The number of benzene rings is 1. The lowest BCUT2D eigenvalue weighted by molar-refractivity contribution is -0.138. The van der Waals surface area contributed by atoms with Crippen molar-refractivity contribution in [2.45, 2.75) is 12.6 Å². The fraction of sp³-hybridized carbons (Fsp3) is 0.417. The summed E-state index contributed by atoms with van der Waals surface area (Å²) in [5, 5.41) is 9.33. The maximum absolute atomic E-state index is 13.1. The van der Waals surface area contributed by atoms with E-state index < -0.39 is 17.8 Å². The third kappa shape index (κ3) is 3.41. The number of aliphatic hydroxyl groups excluding tert-OH is 1. The molecule has 0 saturated heterocycles. The maximum atomic E-state index is 13.1. The number of likely N-dealkylation sites (N-methyl/N-ethyl adjacent to an activating group) is 1. The Morgan fingerprint density at radius 3 is 2.83 bits per heavy atom. The van der Waals surface area contributed by atoms with Gasteiger partial charge in [0.1, 0.15) is 17.7 Å². The van der Waals surface area contributed by atoms with Gasteiger partial charge in [-0.05, 0) is 18.2 Å². The minimum absolute atomic E-state index is 0.136. The monoisotopic (exact) mass is 256 g/mol. The summed E-state index contributed by atoms with van der Waals surface area (Å²) in [6.45, 7) is -0.0136. The second kappa shape index (κ2) is 6.32. The second-order valence-electron chi connectivity index (χ2n) is 3.90. The molecule has 0 aliphatic rings. The molecule has 0 spiro atoms. The first-order valence-corrected chi connectivity index (χ1v) is 5.45. The number of amides is 1.